The molecule has 0 rings (SSSR count). The lowest BCUT2D eigenvalue weighted by Crippen LogP contribution is -2.37. The van der Waals surface area contributed by atoms with Crippen LogP contribution in [0.4, 0.5) is 0 Å². The zero-order chi connectivity index (χ0) is 37.0. The van der Waals surface area contributed by atoms with Crippen molar-refractivity contribution in [2.45, 2.75) is 135 Å². The van der Waals surface area contributed by atoms with E-state index in [0.717, 1.165) is 37.5 Å². The van der Waals surface area contributed by atoms with Gasteiger partial charge in [-0.3, -0.25) is 28.2 Å². The van der Waals surface area contributed by atoms with Gasteiger partial charge in [0, 0.05) is 12.8 Å². The van der Waals surface area contributed by atoms with Crippen LogP contribution in [-0.4, -0.2) is 97.7 Å². The molecule has 0 spiro atoms. The van der Waals surface area contributed by atoms with Crippen molar-refractivity contribution in [3.8, 4) is 0 Å². The molecule has 0 fully saturated rings. The average molecular weight is 719 g/mol. The van der Waals surface area contributed by atoms with Gasteiger partial charge in [0.15, 0.2) is 17.7 Å². The van der Waals surface area contributed by atoms with E-state index in [1.807, 2.05) is 21.1 Å². The first-order valence-electron chi connectivity index (χ1n) is 18.0. The van der Waals surface area contributed by atoms with Gasteiger partial charge in [0.25, 0.3) is 0 Å². The maximum atomic E-state index is 12.5. The number of phosphoric ester groups is 1. The lowest BCUT2D eigenvalue weighted by atomic mass is 10.0. The Labute approximate surface area is 294 Å². The number of esters is 2. The Bertz CT molecular complexity index is 1040. The van der Waals surface area contributed by atoms with Crippen molar-refractivity contribution >= 4 is 31.3 Å². The maximum absolute atomic E-state index is 12.5. The molecule has 284 valence electrons. The highest BCUT2D eigenvalue weighted by Gasteiger charge is 2.27. The molecular weight excluding hydrogens is 653 g/mol. The van der Waals surface area contributed by atoms with Gasteiger partial charge in [0.2, 0.25) is 0 Å². The number of ether oxygens (including phenoxy) is 2. The molecule has 12 nitrogen and oxygen atoms in total. The molecule has 0 heterocycles. The molecule has 0 aromatic rings. The third-order valence-electron chi connectivity index (χ3n) is 7.50. The number of allylic oxidation sites excluding steroid dienone is 3. The lowest BCUT2D eigenvalue weighted by Gasteiger charge is -2.24. The molecule has 0 saturated carbocycles. The van der Waals surface area contributed by atoms with Gasteiger partial charge in [-0.1, -0.05) is 90.0 Å². The second kappa shape index (κ2) is 28.5. The number of ketones is 2. The summed E-state index contributed by atoms with van der Waals surface area (Å²) in [6, 6.07) is 0. The van der Waals surface area contributed by atoms with E-state index < -0.39 is 44.4 Å². The van der Waals surface area contributed by atoms with Crippen molar-refractivity contribution in [2.75, 3.05) is 47.5 Å². The van der Waals surface area contributed by atoms with Gasteiger partial charge in [0.1, 0.15) is 19.8 Å². The number of hydrogen-bond acceptors (Lipinski definition) is 10. The average Bonchev–Trinajstić information content (AvgIpc) is 3.01. The third-order valence-corrected chi connectivity index (χ3v) is 8.48. The quantitative estimate of drug-likeness (QED) is 0.0255. The second-order valence-electron chi connectivity index (χ2n) is 13.6. The van der Waals surface area contributed by atoms with Crippen LogP contribution in [0.25, 0.3) is 0 Å². The van der Waals surface area contributed by atoms with Crippen LogP contribution in [0.2, 0.25) is 0 Å². The van der Waals surface area contributed by atoms with E-state index in [9.17, 15) is 33.7 Å². The Morgan fingerprint density at radius 2 is 1.29 bits per heavy atom. The van der Waals surface area contributed by atoms with E-state index >= 15 is 0 Å². The molecule has 0 bridgehead atoms. The van der Waals surface area contributed by atoms with E-state index in [1.54, 1.807) is 0 Å². The Morgan fingerprint density at radius 3 is 1.84 bits per heavy atom. The highest BCUT2D eigenvalue weighted by Crippen LogP contribution is 2.43. The van der Waals surface area contributed by atoms with Gasteiger partial charge in [-0.2, -0.15) is 0 Å². The number of nitrogens with zero attached hydrogens (tertiary/aromatic N) is 1. The van der Waals surface area contributed by atoms with Crippen molar-refractivity contribution < 1.29 is 56.7 Å². The molecule has 0 radical (unpaired) electrons. The molecular formula is C36H65NO11P+. The molecule has 0 aliphatic rings. The number of phosphoric acid groups is 1. The Balaban J connectivity index is 4.66. The number of carbonyl (C=O) groups excluding carboxylic acids is 4. The van der Waals surface area contributed by atoms with Gasteiger partial charge in [-0.05, 0) is 44.4 Å². The molecule has 0 aromatic carbocycles. The van der Waals surface area contributed by atoms with Gasteiger partial charge in [0.05, 0.1) is 33.9 Å². The summed E-state index contributed by atoms with van der Waals surface area (Å²) in [4.78, 5) is 57.6. The van der Waals surface area contributed by atoms with E-state index in [0.29, 0.717) is 17.4 Å². The zero-order valence-corrected chi connectivity index (χ0v) is 31.7. The SMILES string of the molecule is CCCCCCCCCCCCCCCC(=O)OC[C@H](COP(=O)(O)OCC[N+](C)(C)C)OC(=O)CCCC(O)C=CC(=O)C=CC(C)=O. The summed E-state index contributed by atoms with van der Waals surface area (Å²) in [6.07, 6.45) is 18.4. The fourth-order valence-corrected chi connectivity index (χ4v) is 5.31. The van der Waals surface area contributed by atoms with Crippen LogP contribution in [0.5, 0.6) is 0 Å². The summed E-state index contributed by atoms with van der Waals surface area (Å²) in [5.41, 5.74) is 0. The number of carbonyl (C=O) groups is 4. The van der Waals surface area contributed by atoms with Crippen molar-refractivity contribution in [2.24, 2.45) is 0 Å². The van der Waals surface area contributed by atoms with Crippen LogP contribution in [0.15, 0.2) is 24.3 Å². The Kier molecular flexibility index (Phi) is 27.2. The summed E-state index contributed by atoms with van der Waals surface area (Å²) in [7, 11) is 1.24. The fourth-order valence-electron chi connectivity index (χ4n) is 4.56. The predicted octanol–water partition coefficient (Wildman–Crippen LogP) is 6.56. The first-order chi connectivity index (χ1) is 23.1. The molecule has 0 aromatic heterocycles. The standard InChI is InChI=1S/C36H64NO11P/c1-6-7-8-9-10-11-12-13-14-15-16-17-18-21-35(41)45-29-34(30-47-49(43,44)46-28-27-37(3,4)5)48-36(42)22-19-20-32(39)25-26-33(40)24-23-31(2)38/h23-26,32,34,39H,6-22,27-30H2,1-5H3/p+1/t32?,34-/m1/s1. The summed E-state index contributed by atoms with van der Waals surface area (Å²) in [6.45, 7) is 3.07. The summed E-state index contributed by atoms with van der Waals surface area (Å²) < 4.78 is 33.7. The monoisotopic (exact) mass is 718 g/mol. The molecule has 13 heteroatoms. The third kappa shape index (κ3) is 32.7. The van der Waals surface area contributed by atoms with E-state index in [4.69, 9.17) is 18.5 Å². The minimum Gasteiger partial charge on any atom is -0.462 e. The van der Waals surface area contributed by atoms with E-state index in [-0.39, 0.29) is 44.7 Å². The minimum atomic E-state index is -4.46. The highest BCUT2D eigenvalue weighted by molar-refractivity contribution is 7.47. The molecule has 0 amide bonds. The van der Waals surface area contributed by atoms with E-state index in [1.165, 1.54) is 70.8 Å². The molecule has 0 aliphatic heterocycles. The van der Waals surface area contributed by atoms with E-state index in [2.05, 4.69) is 6.92 Å². The smallest absolute Gasteiger partial charge is 0.462 e. The number of quaternary nitrogens is 1. The topological polar surface area (TPSA) is 163 Å². The predicted molar refractivity (Wildman–Crippen MR) is 190 cm³/mol. The van der Waals surface area contributed by atoms with Crippen LogP contribution in [0.1, 0.15) is 123 Å². The van der Waals surface area contributed by atoms with Crippen molar-refractivity contribution in [1.82, 2.24) is 0 Å². The molecule has 2 N–H and O–H groups in total. The molecule has 49 heavy (non-hydrogen) atoms. The highest BCUT2D eigenvalue weighted by atomic mass is 31.2. The van der Waals surface area contributed by atoms with Crippen molar-refractivity contribution in [3.63, 3.8) is 0 Å². The van der Waals surface area contributed by atoms with Crippen LogP contribution >= 0.6 is 7.82 Å². The first kappa shape index (κ1) is 46.8. The van der Waals surface area contributed by atoms with Gasteiger partial charge >= 0.3 is 19.8 Å². The van der Waals surface area contributed by atoms with Crippen LogP contribution in [0, 0.1) is 0 Å². The molecule has 0 aliphatic carbocycles. The largest absolute Gasteiger partial charge is 0.472 e. The van der Waals surface area contributed by atoms with Crippen LogP contribution in [0.3, 0.4) is 0 Å². The number of rotatable bonds is 32. The zero-order valence-electron chi connectivity index (χ0n) is 30.8. The fraction of sp³-hybridized carbons (Fsp3) is 0.778. The normalized spacial score (nSPS) is 14.5. The Morgan fingerprint density at radius 1 is 0.735 bits per heavy atom. The number of aliphatic hydroxyl groups excluding tert-OH is 1. The van der Waals surface area contributed by atoms with Gasteiger partial charge in [-0.25, -0.2) is 4.57 Å². The molecule has 3 atom stereocenters. The lowest BCUT2D eigenvalue weighted by molar-refractivity contribution is -0.870. The second-order valence-corrected chi connectivity index (χ2v) is 15.0. The van der Waals surface area contributed by atoms with Crippen molar-refractivity contribution in [1.29, 1.82) is 0 Å². The van der Waals surface area contributed by atoms with Crippen LogP contribution in [-0.2, 0) is 42.3 Å². The van der Waals surface area contributed by atoms with Crippen LogP contribution < -0.4 is 0 Å². The van der Waals surface area contributed by atoms with Crippen molar-refractivity contribution in [3.05, 3.63) is 24.3 Å². The van der Waals surface area contributed by atoms with Gasteiger partial charge in [-0.15, -0.1) is 0 Å². The maximum Gasteiger partial charge on any atom is 0.472 e. The summed E-state index contributed by atoms with van der Waals surface area (Å²) in [5, 5.41) is 10.1. The number of likely N-dealkylation sites (N-methyl/N-ethyl adjacent to an activating group) is 1. The summed E-state index contributed by atoms with van der Waals surface area (Å²) >= 11 is 0. The molecule has 2 unspecified atom stereocenters. The summed E-state index contributed by atoms with van der Waals surface area (Å²) in [5.74, 6) is -1.87. The van der Waals surface area contributed by atoms with Gasteiger partial charge < -0.3 is 24.0 Å². The number of hydrogen-bond donors (Lipinski definition) is 2. The minimum absolute atomic E-state index is 0.0365. The number of aliphatic hydroxyl groups is 1. The first-order valence-corrected chi connectivity index (χ1v) is 19.5. The number of unbranched alkanes of at least 4 members (excludes halogenated alkanes) is 12. The Hall–Kier alpha value is -2.21. The molecule has 0 saturated heterocycles.